The molecule has 0 saturated carbocycles. The van der Waals surface area contributed by atoms with Crippen LogP contribution in [0.5, 0.6) is 0 Å². The molecule has 0 amide bonds. The molecule has 0 aliphatic rings. The van der Waals surface area contributed by atoms with Crippen LogP contribution >= 0.6 is 0 Å². The number of unbranched alkanes of at least 4 members (excludes halogenated alkanes) is 18. The summed E-state index contributed by atoms with van der Waals surface area (Å²) in [4.78, 5) is 38.0. The largest absolute Gasteiger partial charge is 0.462 e. The number of esters is 3. The monoisotopic (exact) mass is 1010 g/mol. The van der Waals surface area contributed by atoms with Gasteiger partial charge in [-0.05, 0) is 103 Å². The quantitative estimate of drug-likeness (QED) is 0.0261. The zero-order chi connectivity index (χ0) is 52.9. The molecule has 0 saturated heterocycles. The smallest absolute Gasteiger partial charge is 0.310 e. The van der Waals surface area contributed by atoms with Crippen molar-refractivity contribution in [3.8, 4) is 0 Å². The molecule has 410 valence electrons. The second-order valence-electron chi connectivity index (χ2n) is 18.8. The van der Waals surface area contributed by atoms with Crippen molar-refractivity contribution in [2.75, 3.05) is 13.2 Å². The standard InChI is InChI=1S/C67H106O6/c1-4-7-10-13-16-19-22-25-28-29-30-31-32-33-34-35-36-37-40-42-45-48-51-54-57-60-66(69)72-63-64(73-67(70)61-58-55-52-49-46-43-39-27-24-21-18-15-12-9-6-3)62-71-65(68)59-56-53-50-47-44-41-38-26-23-20-17-14-11-8-5-2/h8-9,11-12,17-18,20-22,25-27,29-30,38-39,44,46-47,49,53,55-56,58,64H,4-7,10,13-16,19,23-24,28,31-37,40-43,45,48,50-52,54,57,59-63H2,1-3H3/b11-8-,12-9-,20-17-,21-18-,25-22-,30-29-,38-26-,39-27-,47-44-,49-46-,56-53-,58-55-. The van der Waals surface area contributed by atoms with Crippen molar-refractivity contribution in [3.63, 3.8) is 0 Å². The molecule has 0 heterocycles. The second kappa shape index (κ2) is 59.8. The van der Waals surface area contributed by atoms with Crippen molar-refractivity contribution >= 4 is 17.9 Å². The van der Waals surface area contributed by atoms with Crippen LogP contribution < -0.4 is 0 Å². The summed E-state index contributed by atoms with van der Waals surface area (Å²) in [5.74, 6) is -1.22. The number of ether oxygens (including phenoxy) is 3. The van der Waals surface area contributed by atoms with Gasteiger partial charge in [0, 0.05) is 6.42 Å². The Morgan fingerprint density at radius 1 is 0.301 bits per heavy atom. The molecule has 0 aliphatic carbocycles. The van der Waals surface area contributed by atoms with E-state index in [0.717, 1.165) is 77.0 Å². The molecular formula is C67H106O6. The normalized spacial score (nSPS) is 13.2. The molecule has 0 radical (unpaired) electrons. The Labute approximate surface area is 448 Å². The lowest BCUT2D eigenvalue weighted by atomic mass is 10.0. The van der Waals surface area contributed by atoms with Gasteiger partial charge < -0.3 is 14.2 Å². The Morgan fingerprint density at radius 3 is 0.959 bits per heavy atom. The van der Waals surface area contributed by atoms with E-state index in [1.807, 2.05) is 12.2 Å². The molecule has 0 aromatic rings. The lowest BCUT2D eigenvalue weighted by Crippen LogP contribution is -2.30. The second-order valence-corrected chi connectivity index (χ2v) is 18.8. The summed E-state index contributed by atoms with van der Waals surface area (Å²) in [6.45, 7) is 6.22. The van der Waals surface area contributed by atoms with E-state index >= 15 is 0 Å². The number of allylic oxidation sites excluding steroid dienone is 22. The topological polar surface area (TPSA) is 78.9 Å². The number of rotatable bonds is 51. The van der Waals surface area contributed by atoms with Gasteiger partial charge in [0.25, 0.3) is 0 Å². The Morgan fingerprint density at radius 2 is 0.589 bits per heavy atom. The molecule has 1 unspecified atom stereocenters. The molecule has 0 N–H and O–H groups in total. The number of carbonyl (C=O) groups is 3. The van der Waals surface area contributed by atoms with Crippen molar-refractivity contribution in [3.05, 3.63) is 146 Å². The third-order valence-electron chi connectivity index (χ3n) is 11.9. The maximum Gasteiger partial charge on any atom is 0.310 e. The van der Waals surface area contributed by atoms with Gasteiger partial charge in [-0.1, -0.05) is 263 Å². The molecular weight excluding hydrogens is 901 g/mol. The summed E-state index contributed by atoms with van der Waals surface area (Å²) in [5.41, 5.74) is 0. The minimum Gasteiger partial charge on any atom is -0.462 e. The van der Waals surface area contributed by atoms with E-state index in [0.29, 0.717) is 19.3 Å². The lowest BCUT2D eigenvalue weighted by Gasteiger charge is -2.17. The first-order chi connectivity index (χ1) is 36.0. The first kappa shape index (κ1) is 68.3. The highest BCUT2D eigenvalue weighted by Gasteiger charge is 2.19. The third kappa shape index (κ3) is 58.1. The molecule has 0 fully saturated rings. The molecule has 0 bridgehead atoms. The van der Waals surface area contributed by atoms with Crippen molar-refractivity contribution in [1.29, 1.82) is 0 Å². The van der Waals surface area contributed by atoms with E-state index < -0.39 is 18.0 Å². The number of hydrogen-bond acceptors (Lipinski definition) is 6. The molecule has 0 aliphatic heterocycles. The minimum absolute atomic E-state index is 0.0717. The summed E-state index contributed by atoms with van der Waals surface area (Å²) in [7, 11) is 0. The van der Waals surface area contributed by atoms with Gasteiger partial charge in [0.1, 0.15) is 13.2 Å². The van der Waals surface area contributed by atoms with Crippen LogP contribution in [0.2, 0.25) is 0 Å². The minimum atomic E-state index is -0.879. The molecule has 0 aromatic carbocycles. The van der Waals surface area contributed by atoms with Crippen molar-refractivity contribution in [1.82, 2.24) is 0 Å². The van der Waals surface area contributed by atoms with Gasteiger partial charge in [0.05, 0.1) is 12.8 Å². The fourth-order valence-electron chi connectivity index (χ4n) is 7.56. The number of carbonyl (C=O) groups excluding carboxylic acids is 3. The van der Waals surface area contributed by atoms with Crippen LogP contribution in [0.1, 0.15) is 239 Å². The Kier molecular flexibility index (Phi) is 56.0. The van der Waals surface area contributed by atoms with Crippen LogP contribution in [0, 0.1) is 0 Å². The van der Waals surface area contributed by atoms with E-state index in [9.17, 15) is 14.4 Å². The van der Waals surface area contributed by atoms with Crippen LogP contribution in [-0.2, 0) is 28.6 Å². The van der Waals surface area contributed by atoms with E-state index in [1.54, 1.807) is 12.2 Å². The fourth-order valence-corrected chi connectivity index (χ4v) is 7.56. The molecule has 6 nitrogen and oxygen atoms in total. The van der Waals surface area contributed by atoms with Gasteiger partial charge in [-0.3, -0.25) is 14.4 Å². The maximum atomic E-state index is 12.8. The maximum absolute atomic E-state index is 12.8. The average Bonchev–Trinajstić information content (AvgIpc) is 3.39. The van der Waals surface area contributed by atoms with E-state index in [2.05, 4.69) is 142 Å². The van der Waals surface area contributed by atoms with Gasteiger partial charge in [0.15, 0.2) is 6.10 Å². The van der Waals surface area contributed by atoms with Crippen LogP contribution in [0.15, 0.2) is 146 Å². The van der Waals surface area contributed by atoms with Crippen LogP contribution in [0.3, 0.4) is 0 Å². The molecule has 73 heavy (non-hydrogen) atoms. The van der Waals surface area contributed by atoms with Gasteiger partial charge in [-0.25, -0.2) is 0 Å². The summed E-state index contributed by atoms with van der Waals surface area (Å²) in [5, 5.41) is 0. The predicted molar refractivity (Wildman–Crippen MR) is 315 cm³/mol. The highest BCUT2D eigenvalue weighted by atomic mass is 16.6. The molecule has 0 rings (SSSR count). The van der Waals surface area contributed by atoms with Crippen molar-refractivity contribution in [2.45, 2.75) is 245 Å². The summed E-state index contributed by atoms with van der Waals surface area (Å²) >= 11 is 0. The third-order valence-corrected chi connectivity index (χ3v) is 11.9. The molecule has 1 atom stereocenters. The van der Waals surface area contributed by atoms with Crippen LogP contribution in [-0.4, -0.2) is 37.2 Å². The van der Waals surface area contributed by atoms with Gasteiger partial charge in [-0.15, -0.1) is 0 Å². The first-order valence-electron chi connectivity index (χ1n) is 29.3. The average molecular weight is 1010 g/mol. The molecule has 0 aromatic heterocycles. The first-order valence-corrected chi connectivity index (χ1v) is 29.3. The zero-order valence-corrected chi connectivity index (χ0v) is 46.8. The van der Waals surface area contributed by atoms with E-state index in [-0.39, 0.29) is 32.0 Å². The SMILES string of the molecule is CC/C=C\C/C=C\C/C=C\C/C=C\C/C=C\CC(=O)OCC(COC(=O)CCCCCCCCCCCCCCC/C=C\C/C=C\CCCCCCC)OC(=O)C/C=C\C/C=C\C/C=C\C/C=C\C/C=C\CC. The van der Waals surface area contributed by atoms with Crippen LogP contribution in [0.4, 0.5) is 0 Å². The highest BCUT2D eigenvalue weighted by molar-refractivity contribution is 5.72. The number of hydrogen-bond donors (Lipinski definition) is 0. The van der Waals surface area contributed by atoms with Crippen LogP contribution in [0.25, 0.3) is 0 Å². The van der Waals surface area contributed by atoms with E-state index in [4.69, 9.17) is 14.2 Å². The highest BCUT2D eigenvalue weighted by Crippen LogP contribution is 2.15. The Bertz CT molecular complexity index is 1630. The zero-order valence-electron chi connectivity index (χ0n) is 46.8. The summed E-state index contributed by atoms with van der Waals surface area (Å²) in [6.07, 6.45) is 86.2. The summed E-state index contributed by atoms with van der Waals surface area (Å²) < 4.78 is 16.6. The van der Waals surface area contributed by atoms with Gasteiger partial charge in [-0.2, -0.15) is 0 Å². The van der Waals surface area contributed by atoms with Gasteiger partial charge >= 0.3 is 17.9 Å². The molecule has 0 spiro atoms. The predicted octanol–water partition coefficient (Wildman–Crippen LogP) is 20.0. The Balaban J connectivity index is 4.48. The van der Waals surface area contributed by atoms with Crippen molar-refractivity contribution < 1.29 is 28.6 Å². The van der Waals surface area contributed by atoms with Gasteiger partial charge in [0.2, 0.25) is 0 Å². The van der Waals surface area contributed by atoms with E-state index in [1.165, 1.54) is 109 Å². The lowest BCUT2D eigenvalue weighted by molar-refractivity contribution is -0.166. The van der Waals surface area contributed by atoms with Crippen molar-refractivity contribution in [2.24, 2.45) is 0 Å². The summed E-state index contributed by atoms with van der Waals surface area (Å²) in [6, 6.07) is 0. The molecule has 6 heteroatoms. The fraction of sp³-hybridized carbons (Fsp3) is 0.597. The Hall–Kier alpha value is -4.71.